The first-order valence-electron chi connectivity index (χ1n) is 9.63. The molecule has 1 aliphatic rings. The second kappa shape index (κ2) is 11.2. The van der Waals surface area contributed by atoms with Gasteiger partial charge in [0.15, 0.2) is 11.5 Å². The summed E-state index contributed by atoms with van der Waals surface area (Å²) in [5, 5.41) is 6.89. The summed E-state index contributed by atoms with van der Waals surface area (Å²) >= 11 is 0. The van der Waals surface area contributed by atoms with Crippen LogP contribution in [-0.2, 0) is 19.6 Å². The number of carboxylic acid groups (broad SMARTS) is 1. The molecule has 3 rings (SSSR count). The van der Waals surface area contributed by atoms with Gasteiger partial charge in [-0.3, -0.25) is 4.79 Å². The lowest BCUT2D eigenvalue weighted by molar-refractivity contribution is -0.122. The van der Waals surface area contributed by atoms with E-state index in [9.17, 15) is 8.42 Å². The zero-order chi connectivity index (χ0) is 23.9. The van der Waals surface area contributed by atoms with E-state index in [-0.39, 0.29) is 24.2 Å². The Balaban J connectivity index is 0.00000114. The molecule has 1 aliphatic heterocycles. The van der Waals surface area contributed by atoms with Crippen LogP contribution in [0.1, 0.15) is 6.04 Å². The topological polar surface area (TPSA) is 129 Å². The Morgan fingerprint density at radius 2 is 1.84 bits per heavy atom. The summed E-state index contributed by atoms with van der Waals surface area (Å²) in [6, 6.07) is 3.47. The van der Waals surface area contributed by atoms with E-state index in [1.807, 2.05) is 16.8 Å². The molecule has 1 fully saturated rings. The SMILES string of the molecule is COc1ccc(-c2nccn2[C@@H]2COC[C@H]2CS(=O)(=O)N(C)C)c(OC)c1OC.O=CO. The van der Waals surface area contributed by atoms with Crippen LogP contribution >= 0.6 is 0 Å². The minimum absolute atomic E-state index is 0.00531. The van der Waals surface area contributed by atoms with E-state index in [1.54, 1.807) is 33.6 Å². The van der Waals surface area contributed by atoms with Crippen molar-refractivity contribution in [2.24, 2.45) is 5.92 Å². The third kappa shape index (κ3) is 5.31. The first-order chi connectivity index (χ1) is 15.2. The van der Waals surface area contributed by atoms with Crippen LogP contribution in [0.25, 0.3) is 11.4 Å². The highest BCUT2D eigenvalue weighted by molar-refractivity contribution is 7.89. The maximum absolute atomic E-state index is 12.4. The van der Waals surface area contributed by atoms with Crippen molar-refractivity contribution in [2.45, 2.75) is 6.04 Å². The van der Waals surface area contributed by atoms with E-state index >= 15 is 0 Å². The number of methoxy groups -OCH3 is 3. The fourth-order valence-corrected chi connectivity index (χ4v) is 4.70. The number of carbonyl (C=O) groups is 1. The van der Waals surface area contributed by atoms with Crippen molar-refractivity contribution < 1.29 is 37.3 Å². The molecule has 2 aromatic rings. The fourth-order valence-electron chi connectivity index (χ4n) is 3.54. The Morgan fingerprint density at radius 1 is 1.19 bits per heavy atom. The molecule has 1 aromatic carbocycles. The molecular weight excluding hydrogens is 442 g/mol. The number of benzene rings is 1. The monoisotopic (exact) mass is 471 g/mol. The maximum Gasteiger partial charge on any atom is 0.290 e. The van der Waals surface area contributed by atoms with E-state index in [2.05, 4.69) is 4.98 Å². The summed E-state index contributed by atoms with van der Waals surface area (Å²) in [5.74, 6) is 1.97. The number of hydrogen-bond acceptors (Lipinski definition) is 8. The van der Waals surface area contributed by atoms with Gasteiger partial charge in [0, 0.05) is 32.4 Å². The van der Waals surface area contributed by atoms with E-state index < -0.39 is 10.0 Å². The summed E-state index contributed by atoms with van der Waals surface area (Å²) in [6.07, 6.45) is 3.52. The minimum Gasteiger partial charge on any atom is -0.493 e. The average Bonchev–Trinajstić information content (AvgIpc) is 3.41. The molecule has 12 heteroatoms. The largest absolute Gasteiger partial charge is 0.493 e. The summed E-state index contributed by atoms with van der Waals surface area (Å²) in [7, 11) is 4.38. The fraction of sp³-hybridized carbons (Fsp3) is 0.500. The molecule has 0 bridgehead atoms. The van der Waals surface area contributed by atoms with Crippen molar-refractivity contribution in [3.63, 3.8) is 0 Å². The molecule has 0 radical (unpaired) electrons. The van der Waals surface area contributed by atoms with Crippen LogP contribution in [0.5, 0.6) is 17.2 Å². The van der Waals surface area contributed by atoms with Crippen molar-refractivity contribution in [1.82, 2.24) is 13.9 Å². The Labute approximate surface area is 187 Å². The quantitative estimate of drug-likeness (QED) is 0.567. The molecule has 178 valence electrons. The lowest BCUT2D eigenvalue weighted by Crippen LogP contribution is -2.32. The van der Waals surface area contributed by atoms with Crippen LogP contribution in [0, 0.1) is 5.92 Å². The van der Waals surface area contributed by atoms with Crippen LogP contribution in [0.3, 0.4) is 0 Å². The van der Waals surface area contributed by atoms with Gasteiger partial charge in [-0.1, -0.05) is 0 Å². The van der Waals surface area contributed by atoms with Gasteiger partial charge < -0.3 is 28.6 Å². The Kier molecular flexibility index (Phi) is 8.87. The number of aromatic nitrogens is 2. The van der Waals surface area contributed by atoms with E-state index in [4.69, 9.17) is 28.8 Å². The standard InChI is InChI=1S/C19H27N3O6S.CH2O2/c1-21(2)29(23,24)12-13-10-28-11-15(13)22-9-8-20-19(22)14-6-7-16(25-3)18(27-5)17(14)26-4;2-1-3/h6-9,13,15H,10-12H2,1-5H3;1H,(H,2,3)/t13-,15+;/m0./s1. The van der Waals surface area contributed by atoms with Crippen LogP contribution in [0.2, 0.25) is 0 Å². The van der Waals surface area contributed by atoms with Crippen LogP contribution in [-0.4, -0.2) is 88.2 Å². The molecule has 1 saturated heterocycles. The lowest BCUT2D eigenvalue weighted by atomic mass is 10.0. The van der Waals surface area contributed by atoms with Crippen molar-refractivity contribution in [1.29, 1.82) is 0 Å². The van der Waals surface area contributed by atoms with Gasteiger partial charge in [0.05, 0.1) is 51.9 Å². The van der Waals surface area contributed by atoms with Crippen molar-refractivity contribution in [2.75, 3.05) is 54.4 Å². The molecule has 2 heterocycles. The molecule has 1 aromatic heterocycles. The molecule has 1 N–H and O–H groups in total. The number of sulfonamides is 1. The predicted octanol–water partition coefficient (Wildman–Crippen LogP) is 1.36. The summed E-state index contributed by atoms with van der Waals surface area (Å²) in [4.78, 5) is 12.9. The Morgan fingerprint density at radius 3 is 2.41 bits per heavy atom. The first kappa shape index (κ1) is 25.4. The second-order valence-electron chi connectivity index (χ2n) is 7.07. The van der Waals surface area contributed by atoms with Gasteiger partial charge in [0.1, 0.15) is 5.82 Å². The van der Waals surface area contributed by atoms with Gasteiger partial charge in [-0.2, -0.15) is 0 Å². The van der Waals surface area contributed by atoms with E-state index in [1.165, 1.54) is 18.4 Å². The highest BCUT2D eigenvalue weighted by Crippen LogP contribution is 2.44. The van der Waals surface area contributed by atoms with Gasteiger partial charge in [0.2, 0.25) is 15.8 Å². The lowest BCUT2D eigenvalue weighted by Gasteiger charge is -2.23. The molecule has 11 nitrogen and oxygen atoms in total. The first-order valence-corrected chi connectivity index (χ1v) is 11.2. The molecule has 0 unspecified atom stereocenters. The Bertz CT molecular complexity index is 1010. The highest BCUT2D eigenvalue weighted by Gasteiger charge is 2.36. The number of nitrogens with zero attached hydrogens (tertiary/aromatic N) is 3. The smallest absolute Gasteiger partial charge is 0.290 e. The molecule has 0 spiro atoms. The summed E-state index contributed by atoms with van der Waals surface area (Å²) in [6.45, 7) is 0.533. The van der Waals surface area contributed by atoms with Crippen LogP contribution in [0.15, 0.2) is 24.5 Å². The minimum atomic E-state index is -3.36. The zero-order valence-electron chi connectivity index (χ0n) is 18.7. The molecular formula is C20H29N3O8S. The van der Waals surface area contributed by atoms with Gasteiger partial charge in [-0.15, -0.1) is 0 Å². The van der Waals surface area contributed by atoms with Crippen molar-refractivity contribution in [3.8, 4) is 28.6 Å². The molecule has 0 aliphatic carbocycles. The Hall–Kier alpha value is -2.83. The zero-order valence-corrected chi connectivity index (χ0v) is 19.5. The van der Waals surface area contributed by atoms with Gasteiger partial charge >= 0.3 is 0 Å². The summed E-state index contributed by atoms with van der Waals surface area (Å²) in [5.41, 5.74) is 0.719. The van der Waals surface area contributed by atoms with E-state index in [0.29, 0.717) is 36.3 Å². The number of hydrogen-bond donors (Lipinski definition) is 1. The van der Waals surface area contributed by atoms with Gasteiger partial charge in [0.25, 0.3) is 6.47 Å². The van der Waals surface area contributed by atoms with E-state index in [0.717, 1.165) is 5.56 Å². The molecule has 32 heavy (non-hydrogen) atoms. The predicted molar refractivity (Wildman–Crippen MR) is 117 cm³/mol. The van der Waals surface area contributed by atoms with Gasteiger partial charge in [-0.05, 0) is 12.1 Å². The highest BCUT2D eigenvalue weighted by atomic mass is 32.2. The third-order valence-electron chi connectivity index (χ3n) is 5.12. The molecule has 0 amide bonds. The number of rotatable bonds is 8. The van der Waals surface area contributed by atoms with Crippen LogP contribution < -0.4 is 14.2 Å². The molecule has 0 saturated carbocycles. The van der Waals surface area contributed by atoms with Crippen molar-refractivity contribution >= 4 is 16.5 Å². The van der Waals surface area contributed by atoms with Gasteiger partial charge in [-0.25, -0.2) is 17.7 Å². The normalized spacial score (nSPS) is 18.1. The van der Waals surface area contributed by atoms with Crippen LogP contribution in [0.4, 0.5) is 0 Å². The number of ether oxygens (including phenoxy) is 4. The maximum atomic E-state index is 12.4. The van der Waals surface area contributed by atoms with Crippen molar-refractivity contribution in [3.05, 3.63) is 24.5 Å². The molecule has 2 atom stereocenters. The second-order valence-corrected chi connectivity index (χ2v) is 9.30. The summed E-state index contributed by atoms with van der Waals surface area (Å²) < 4.78 is 50.1. The average molecular weight is 472 g/mol. The third-order valence-corrected chi connectivity index (χ3v) is 7.08. The number of imidazole rings is 1.